The van der Waals surface area contributed by atoms with Crippen molar-refractivity contribution in [1.29, 1.82) is 0 Å². The highest BCUT2D eigenvalue weighted by Gasteiger charge is 2.19. The molecule has 0 nitrogen and oxygen atoms in total. The van der Waals surface area contributed by atoms with E-state index < -0.39 is 0 Å². The standard InChI is InChI=1S/C24H12.C24H18.C18H12/c1-2-14-5-6-16-9-11-18-12-10-17-8-7-15-4-3-13(1)19-20(14)22(16)24(18)23(17)21(15)19;1-4-10-19(11-5-1)22-16-23(20-12-6-2-7-13-20)18-24(17-22)21-14-8-3-9-15-21;1-2-8-14-13(7-1)15-9-3-4-11-17(15)18-12-6-5-10-16(14)18/h1-12H;1-18H;1-12H. The highest BCUT2D eigenvalue weighted by molar-refractivity contribution is 6.44. The zero-order chi connectivity index (χ0) is 43.6. The average molecular weight is 835 g/mol. The summed E-state index contributed by atoms with van der Waals surface area (Å²) in [4.78, 5) is 0. The van der Waals surface area contributed by atoms with E-state index in [0.717, 1.165) is 0 Å². The molecule has 0 spiro atoms. The summed E-state index contributed by atoms with van der Waals surface area (Å²) in [6.07, 6.45) is 0. The van der Waals surface area contributed by atoms with Gasteiger partial charge in [0.2, 0.25) is 0 Å². The summed E-state index contributed by atoms with van der Waals surface area (Å²) < 4.78 is 0. The van der Waals surface area contributed by atoms with Gasteiger partial charge in [-0.3, -0.25) is 0 Å². The predicted octanol–water partition coefficient (Wildman–Crippen LogP) is 18.8. The Morgan fingerprint density at radius 2 is 0.303 bits per heavy atom. The lowest BCUT2D eigenvalue weighted by atomic mass is 9.83. The van der Waals surface area contributed by atoms with Gasteiger partial charge in [0.15, 0.2) is 0 Å². The maximum atomic E-state index is 2.27. The van der Waals surface area contributed by atoms with Crippen LogP contribution in [-0.2, 0) is 0 Å². The van der Waals surface area contributed by atoms with Gasteiger partial charge in [-0.1, -0.05) is 237 Å². The van der Waals surface area contributed by atoms with Crippen molar-refractivity contribution in [3.63, 3.8) is 0 Å². The molecule has 0 heteroatoms. The third-order valence-corrected chi connectivity index (χ3v) is 13.8. The number of fused-ring (bicyclic) bond motifs is 6. The summed E-state index contributed by atoms with van der Waals surface area (Å²) in [7, 11) is 0. The highest BCUT2D eigenvalue weighted by atomic mass is 14.2. The number of hydrogen-bond donors (Lipinski definition) is 0. The van der Waals surface area contributed by atoms with Crippen molar-refractivity contribution >= 4 is 97.0 Å². The van der Waals surface area contributed by atoms with E-state index in [9.17, 15) is 0 Å². The summed E-state index contributed by atoms with van der Waals surface area (Å²) in [6.45, 7) is 0. The Morgan fingerprint density at radius 3 is 0.485 bits per heavy atom. The van der Waals surface area contributed by atoms with Gasteiger partial charge in [-0.25, -0.2) is 0 Å². The smallest absolute Gasteiger partial charge is 0.00139 e. The molecule has 0 amide bonds. The first-order valence-corrected chi connectivity index (χ1v) is 22.9. The molecule has 0 N–H and O–H groups in total. The minimum absolute atomic E-state index is 1.24. The van der Waals surface area contributed by atoms with E-state index >= 15 is 0 Å². The monoisotopic (exact) mass is 834 g/mol. The van der Waals surface area contributed by atoms with Gasteiger partial charge in [-0.15, -0.1) is 0 Å². The summed E-state index contributed by atoms with van der Waals surface area (Å²) >= 11 is 0. The third-order valence-electron chi connectivity index (χ3n) is 13.8. The van der Waals surface area contributed by atoms with Gasteiger partial charge in [-0.05, 0) is 149 Å². The SMILES string of the molecule is c1cc2ccc3ccc4ccc5ccc6ccc1c1c2c3c4c5c61.c1ccc(-c2cc(-c3ccccc3)cc(-c3ccccc3)c2)cc1.c1ccc2c(c1)c1ccccc1c1ccccc21. The summed E-state index contributed by atoms with van der Waals surface area (Å²) in [5.74, 6) is 0. The van der Waals surface area contributed by atoms with Crippen LogP contribution in [-0.4, -0.2) is 0 Å². The van der Waals surface area contributed by atoms with Crippen LogP contribution in [0.4, 0.5) is 0 Å². The third kappa shape index (κ3) is 6.22. The lowest BCUT2D eigenvalue weighted by Crippen LogP contribution is -1.91. The quantitative estimate of drug-likeness (QED) is 0.123. The van der Waals surface area contributed by atoms with Crippen LogP contribution in [0, 0.1) is 0 Å². The van der Waals surface area contributed by atoms with Crippen LogP contribution in [0.2, 0.25) is 0 Å². The van der Waals surface area contributed by atoms with Crippen LogP contribution in [0.25, 0.3) is 130 Å². The van der Waals surface area contributed by atoms with E-state index in [1.807, 2.05) is 0 Å². The van der Waals surface area contributed by atoms with Crippen molar-refractivity contribution in [1.82, 2.24) is 0 Å². The van der Waals surface area contributed by atoms with Gasteiger partial charge in [0.25, 0.3) is 0 Å². The Labute approximate surface area is 383 Å². The minimum Gasteiger partial charge on any atom is -0.0622 e. The van der Waals surface area contributed by atoms with Crippen molar-refractivity contribution in [2.24, 2.45) is 0 Å². The van der Waals surface area contributed by atoms with Crippen molar-refractivity contribution in [3.05, 3.63) is 255 Å². The molecule has 0 saturated carbocycles. The average Bonchev–Trinajstić information content (AvgIpc) is 3.41. The second-order valence-electron chi connectivity index (χ2n) is 17.5. The number of rotatable bonds is 3. The molecular formula is C66H42. The fourth-order valence-electron chi connectivity index (χ4n) is 10.8. The van der Waals surface area contributed by atoms with E-state index in [2.05, 4.69) is 255 Å². The van der Waals surface area contributed by atoms with E-state index in [1.165, 1.54) is 130 Å². The molecule has 0 aliphatic rings. The molecule has 0 bridgehead atoms. The van der Waals surface area contributed by atoms with Crippen molar-refractivity contribution in [2.45, 2.75) is 0 Å². The molecular weight excluding hydrogens is 793 g/mol. The molecule has 306 valence electrons. The minimum atomic E-state index is 1.24. The van der Waals surface area contributed by atoms with Crippen molar-refractivity contribution in [3.8, 4) is 33.4 Å². The zero-order valence-electron chi connectivity index (χ0n) is 36.2. The van der Waals surface area contributed by atoms with Crippen LogP contribution in [0.1, 0.15) is 0 Å². The Morgan fingerprint density at radius 1 is 0.136 bits per heavy atom. The normalized spacial score (nSPS) is 11.6. The number of hydrogen-bond acceptors (Lipinski definition) is 0. The molecule has 0 heterocycles. The van der Waals surface area contributed by atoms with Gasteiger partial charge in [-0.2, -0.15) is 0 Å². The van der Waals surface area contributed by atoms with Gasteiger partial charge in [0.1, 0.15) is 0 Å². The van der Waals surface area contributed by atoms with Crippen molar-refractivity contribution < 1.29 is 0 Å². The fraction of sp³-hybridized carbons (Fsp3) is 0. The first-order chi connectivity index (χ1) is 32.7. The largest absolute Gasteiger partial charge is 0.0622 e. The summed E-state index contributed by atoms with van der Waals surface area (Å²) in [5.41, 5.74) is 7.47. The van der Waals surface area contributed by atoms with E-state index in [1.54, 1.807) is 0 Å². The molecule has 0 radical (unpaired) electrons. The number of benzene rings is 15. The van der Waals surface area contributed by atoms with Crippen LogP contribution < -0.4 is 0 Å². The maximum absolute atomic E-state index is 2.27. The molecule has 0 atom stereocenters. The van der Waals surface area contributed by atoms with Crippen LogP contribution >= 0.6 is 0 Å². The molecule has 0 saturated heterocycles. The van der Waals surface area contributed by atoms with Gasteiger partial charge >= 0.3 is 0 Å². The predicted molar refractivity (Wildman–Crippen MR) is 287 cm³/mol. The maximum Gasteiger partial charge on any atom is -0.00139 e. The molecule has 0 aliphatic carbocycles. The summed E-state index contributed by atoms with van der Waals surface area (Å²) in [5, 5.41) is 24.8. The summed E-state index contributed by atoms with van der Waals surface area (Å²) in [6, 6.07) is 91.8. The molecule has 0 aromatic heterocycles. The lowest BCUT2D eigenvalue weighted by molar-refractivity contribution is 1.56. The topological polar surface area (TPSA) is 0 Å². The molecule has 0 unspecified atom stereocenters. The molecule has 15 aromatic rings. The van der Waals surface area contributed by atoms with Gasteiger partial charge in [0.05, 0.1) is 0 Å². The molecule has 15 rings (SSSR count). The van der Waals surface area contributed by atoms with E-state index in [-0.39, 0.29) is 0 Å². The van der Waals surface area contributed by atoms with E-state index in [4.69, 9.17) is 0 Å². The molecule has 0 fully saturated rings. The molecule has 0 aliphatic heterocycles. The van der Waals surface area contributed by atoms with Crippen LogP contribution in [0.5, 0.6) is 0 Å². The Bertz CT molecular complexity index is 3430. The first-order valence-electron chi connectivity index (χ1n) is 22.9. The van der Waals surface area contributed by atoms with Gasteiger partial charge < -0.3 is 0 Å². The highest BCUT2D eigenvalue weighted by Crippen LogP contribution is 2.48. The second-order valence-corrected chi connectivity index (χ2v) is 17.5. The van der Waals surface area contributed by atoms with Crippen LogP contribution in [0.15, 0.2) is 255 Å². The molecule has 15 aromatic carbocycles. The molecule has 66 heavy (non-hydrogen) atoms. The Hall–Kier alpha value is -8.58. The first kappa shape index (κ1) is 37.9. The zero-order valence-corrected chi connectivity index (χ0v) is 36.2. The Balaban J connectivity index is 0.0000001000. The fourth-order valence-corrected chi connectivity index (χ4v) is 10.8. The van der Waals surface area contributed by atoms with Crippen molar-refractivity contribution in [2.75, 3.05) is 0 Å². The Kier molecular flexibility index (Phi) is 8.96. The van der Waals surface area contributed by atoms with Gasteiger partial charge in [0, 0.05) is 0 Å². The lowest BCUT2D eigenvalue weighted by Gasteiger charge is -2.20. The second kappa shape index (κ2) is 15.6. The van der Waals surface area contributed by atoms with Crippen LogP contribution in [0.3, 0.4) is 0 Å². The van der Waals surface area contributed by atoms with E-state index in [0.29, 0.717) is 0 Å².